The third kappa shape index (κ3) is 7.99. The molecule has 0 spiro atoms. The van der Waals surface area contributed by atoms with E-state index in [4.69, 9.17) is 10.5 Å². The third-order valence-electron chi connectivity index (χ3n) is 3.92. The summed E-state index contributed by atoms with van der Waals surface area (Å²) in [5, 5.41) is 11.1. The Morgan fingerprint density at radius 3 is 2.25 bits per heavy atom. The molecule has 0 bridgehead atoms. The number of hydrogen-bond acceptors (Lipinski definition) is 4. The highest BCUT2D eigenvalue weighted by Crippen LogP contribution is 2.22. The minimum Gasteiger partial charge on any atom is -0.549 e. The first-order chi connectivity index (χ1) is 11.4. The fourth-order valence-electron chi connectivity index (χ4n) is 2.53. The van der Waals surface area contributed by atoms with Crippen LogP contribution in [0.5, 0.6) is 5.75 Å². The molecule has 0 heterocycles. The van der Waals surface area contributed by atoms with Crippen LogP contribution < -0.4 is 15.6 Å². The molecule has 1 amide bonds. The van der Waals surface area contributed by atoms with Crippen LogP contribution in [0.3, 0.4) is 0 Å². The molecule has 0 fully saturated rings. The van der Waals surface area contributed by atoms with Crippen LogP contribution in [0.2, 0.25) is 0 Å². The van der Waals surface area contributed by atoms with Crippen molar-refractivity contribution in [2.45, 2.75) is 58.3 Å². The standard InChI is InChI=1S/C19H29NO4/c1-14(2)7-5-3-4-6-12-24-16-10-8-15(9-11-16)17(19(22)23)13-18(20)21/h8-11,14,17H,3-7,12-13H2,1-2H3,(H2,20,21)(H,22,23)/p-1/t17-/m0/s1. The van der Waals surface area contributed by atoms with Crippen molar-refractivity contribution in [1.29, 1.82) is 0 Å². The van der Waals surface area contributed by atoms with Crippen LogP contribution in [0.1, 0.15) is 63.9 Å². The molecule has 0 saturated heterocycles. The van der Waals surface area contributed by atoms with Gasteiger partial charge in [0.2, 0.25) is 5.91 Å². The molecule has 24 heavy (non-hydrogen) atoms. The molecule has 5 nitrogen and oxygen atoms in total. The van der Waals surface area contributed by atoms with Crippen LogP contribution in [0.4, 0.5) is 0 Å². The van der Waals surface area contributed by atoms with E-state index in [0.717, 1.165) is 18.8 Å². The third-order valence-corrected chi connectivity index (χ3v) is 3.92. The van der Waals surface area contributed by atoms with Gasteiger partial charge in [0.05, 0.1) is 6.61 Å². The average molecular weight is 334 g/mol. The van der Waals surface area contributed by atoms with Crippen molar-refractivity contribution >= 4 is 11.9 Å². The van der Waals surface area contributed by atoms with Gasteiger partial charge in [-0.2, -0.15) is 0 Å². The topological polar surface area (TPSA) is 92.5 Å². The number of amides is 1. The number of ether oxygens (including phenoxy) is 1. The van der Waals surface area contributed by atoms with Crippen molar-refractivity contribution in [2.75, 3.05) is 6.61 Å². The van der Waals surface area contributed by atoms with Crippen molar-refractivity contribution in [3.05, 3.63) is 29.8 Å². The van der Waals surface area contributed by atoms with Gasteiger partial charge in [-0.15, -0.1) is 0 Å². The molecule has 1 rings (SSSR count). The van der Waals surface area contributed by atoms with E-state index < -0.39 is 17.8 Å². The summed E-state index contributed by atoms with van der Waals surface area (Å²) in [4.78, 5) is 22.1. The molecule has 2 N–H and O–H groups in total. The van der Waals surface area contributed by atoms with Crippen LogP contribution >= 0.6 is 0 Å². The predicted molar refractivity (Wildman–Crippen MR) is 91.4 cm³/mol. The number of rotatable bonds is 12. The maximum atomic E-state index is 11.1. The summed E-state index contributed by atoms with van der Waals surface area (Å²) in [5.41, 5.74) is 5.57. The summed E-state index contributed by atoms with van der Waals surface area (Å²) in [5.74, 6) is -1.53. The second-order valence-corrected chi connectivity index (χ2v) is 6.56. The summed E-state index contributed by atoms with van der Waals surface area (Å²) in [6.07, 6.45) is 5.64. The first-order valence-corrected chi connectivity index (χ1v) is 8.62. The number of carbonyl (C=O) groups is 2. The van der Waals surface area contributed by atoms with Gasteiger partial charge in [0.1, 0.15) is 5.75 Å². The van der Waals surface area contributed by atoms with Crippen LogP contribution in [-0.2, 0) is 9.59 Å². The lowest BCUT2D eigenvalue weighted by molar-refractivity contribution is -0.308. The second-order valence-electron chi connectivity index (χ2n) is 6.56. The molecule has 1 aromatic carbocycles. The van der Waals surface area contributed by atoms with Crippen molar-refractivity contribution in [2.24, 2.45) is 11.7 Å². The molecule has 0 unspecified atom stereocenters. The Labute approximate surface area is 144 Å². The number of nitrogens with two attached hydrogens (primary N) is 1. The Hall–Kier alpha value is -2.04. The molecule has 0 saturated carbocycles. The van der Waals surface area contributed by atoms with Gasteiger partial charge in [0.15, 0.2) is 0 Å². The minimum atomic E-state index is -1.30. The molecule has 0 radical (unpaired) electrons. The number of carboxylic acid groups (broad SMARTS) is 1. The normalized spacial score (nSPS) is 12.1. The smallest absolute Gasteiger partial charge is 0.218 e. The van der Waals surface area contributed by atoms with Gasteiger partial charge in [0.25, 0.3) is 0 Å². The zero-order valence-electron chi connectivity index (χ0n) is 14.6. The van der Waals surface area contributed by atoms with Gasteiger partial charge >= 0.3 is 0 Å². The van der Waals surface area contributed by atoms with Crippen LogP contribution in [-0.4, -0.2) is 18.5 Å². The lowest BCUT2D eigenvalue weighted by atomic mass is 9.95. The number of aliphatic carboxylic acids is 1. The van der Waals surface area contributed by atoms with Gasteiger partial charge < -0.3 is 20.4 Å². The lowest BCUT2D eigenvalue weighted by Gasteiger charge is -2.17. The average Bonchev–Trinajstić information content (AvgIpc) is 2.51. The largest absolute Gasteiger partial charge is 0.549 e. The van der Waals surface area contributed by atoms with Crippen molar-refractivity contribution in [3.8, 4) is 5.75 Å². The van der Waals surface area contributed by atoms with Gasteiger partial charge in [-0.25, -0.2) is 0 Å². The zero-order chi connectivity index (χ0) is 17.9. The molecular weight excluding hydrogens is 306 g/mol. The van der Waals surface area contributed by atoms with Crippen LogP contribution in [0.15, 0.2) is 24.3 Å². The molecule has 0 aliphatic rings. The first kappa shape index (κ1) is 20.0. The maximum absolute atomic E-state index is 11.1. The van der Waals surface area contributed by atoms with Gasteiger partial charge in [-0.05, 0) is 30.0 Å². The Morgan fingerprint density at radius 1 is 1.08 bits per heavy atom. The fraction of sp³-hybridized carbons (Fsp3) is 0.579. The number of primary amides is 1. The molecule has 0 aliphatic heterocycles. The maximum Gasteiger partial charge on any atom is 0.218 e. The summed E-state index contributed by atoms with van der Waals surface area (Å²) >= 11 is 0. The van der Waals surface area contributed by atoms with Crippen molar-refractivity contribution < 1.29 is 19.4 Å². The van der Waals surface area contributed by atoms with E-state index in [1.165, 1.54) is 19.3 Å². The van der Waals surface area contributed by atoms with E-state index in [1.807, 2.05) is 0 Å². The Kier molecular flexibility index (Phi) is 8.90. The number of carboxylic acids is 1. The number of unbranched alkanes of at least 4 members (excludes halogenated alkanes) is 3. The zero-order valence-corrected chi connectivity index (χ0v) is 14.6. The molecule has 134 valence electrons. The molecule has 0 aliphatic carbocycles. The molecule has 1 atom stereocenters. The van der Waals surface area contributed by atoms with Gasteiger partial charge in [-0.1, -0.05) is 51.7 Å². The van der Waals surface area contributed by atoms with Crippen LogP contribution in [0.25, 0.3) is 0 Å². The molecular formula is C19H28NO4-. The highest BCUT2D eigenvalue weighted by Gasteiger charge is 2.15. The Morgan fingerprint density at radius 2 is 1.71 bits per heavy atom. The van der Waals surface area contributed by atoms with Crippen molar-refractivity contribution in [3.63, 3.8) is 0 Å². The monoisotopic (exact) mass is 334 g/mol. The molecule has 5 heteroatoms. The Bertz CT molecular complexity index is 511. The summed E-state index contributed by atoms with van der Waals surface area (Å²) in [6, 6.07) is 6.71. The quantitative estimate of drug-likeness (QED) is 0.594. The first-order valence-electron chi connectivity index (χ1n) is 8.62. The van der Waals surface area contributed by atoms with Gasteiger partial charge in [0, 0.05) is 18.3 Å². The fourth-order valence-corrected chi connectivity index (χ4v) is 2.53. The van der Waals surface area contributed by atoms with Crippen LogP contribution in [0, 0.1) is 5.92 Å². The van der Waals surface area contributed by atoms with Crippen molar-refractivity contribution in [1.82, 2.24) is 0 Å². The van der Waals surface area contributed by atoms with E-state index >= 15 is 0 Å². The SMILES string of the molecule is CC(C)CCCCCCOc1ccc([C@H](CC(N)=O)C(=O)[O-])cc1. The number of hydrogen-bond donors (Lipinski definition) is 1. The van der Waals surface area contributed by atoms with E-state index in [-0.39, 0.29) is 6.42 Å². The number of carbonyl (C=O) groups excluding carboxylic acids is 2. The molecule has 0 aromatic heterocycles. The molecule has 1 aromatic rings. The summed E-state index contributed by atoms with van der Waals surface area (Å²) < 4.78 is 5.66. The highest BCUT2D eigenvalue weighted by molar-refractivity contribution is 5.83. The predicted octanol–water partition coefficient (Wildman–Crippen LogP) is 2.38. The second kappa shape index (κ2) is 10.7. The Balaban J connectivity index is 2.36. The number of benzene rings is 1. The van der Waals surface area contributed by atoms with Gasteiger partial charge in [-0.3, -0.25) is 4.79 Å². The highest BCUT2D eigenvalue weighted by atomic mass is 16.5. The van der Waals surface area contributed by atoms with E-state index in [0.29, 0.717) is 17.9 Å². The minimum absolute atomic E-state index is 0.265. The summed E-state index contributed by atoms with van der Waals surface area (Å²) in [6.45, 7) is 5.12. The van der Waals surface area contributed by atoms with E-state index in [2.05, 4.69) is 13.8 Å². The summed E-state index contributed by atoms with van der Waals surface area (Å²) in [7, 11) is 0. The van der Waals surface area contributed by atoms with E-state index in [1.54, 1.807) is 24.3 Å². The lowest BCUT2D eigenvalue weighted by Crippen LogP contribution is -2.32. The van der Waals surface area contributed by atoms with E-state index in [9.17, 15) is 14.7 Å².